The van der Waals surface area contributed by atoms with E-state index in [1.807, 2.05) is 53.4 Å². The van der Waals surface area contributed by atoms with E-state index in [0.717, 1.165) is 42.0 Å². The molecule has 8 heteroatoms. The number of carbonyl (C=O) groups excluding carboxylic acids is 1. The van der Waals surface area contributed by atoms with Gasteiger partial charge < -0.3 is 24.2 Å². The molecule has 1 fully saturated rings. The fourth-order valence-corrected chi connectivity index (χ4v) is 3.64. The normalized spacial score (nSPS) is 16.1. The van der Waals surface area contributed by atoms with Crippen molar-refractivity contribution in [3.05, 3.63) is 54.1 Å². The van der Waals surface area contributed by atoms with Crippen molar-refractivity contribution in [1.82, 2.24) is 15.5 Å². The fourth-order valence-electron chi connectivity index (χ4n) is 3.64. The maximum Gasteiger partial charge on any atom is 0.324 e. The van der Waals surface area contributed by atoms with E-state index in [4.69, 9.17) is 14.0 Å². The quantitative estimate of drug-likeness (QED) is 0.625. The third-order valence-electron chi connectivity index (χ3n) is 5.45. The van der Waals surface area contributed by atoms with Crippen LogP contribution in [0.15, 0.2) is 53.1 Å². The Kier molecular flexibility index (Phi) is 6.35. The van der Waals surface area contributed by atoms with E-state index in [9.17, 15) is 4.79 Å². The average Bonchev–Trinajstić information content (AvgIpc) is 3.33. The second kappa shape index (κ2) is 9.51. The summed E-state index contributed by atoms with van der Waals surface area (Å²) in [5.74, 6) is 2.00. The maximum absolute atomic E-state index is 12.7. The summed E-state index contributed by atoms with van der Waals surface area (Å²) >= 11 is 0. The van der Waals surface area contributed by atoms with E-state index in [1.165, 1.54) is 0 Å². The minimum atomic E-state index is -0.122. The van der Waals surface area contributed by atoms with Crippen LogP contribution in [0, 0.1) is 5.92 Å². The highest BCUT2D eigenvalue weighted by Crippen LogP contribution is 2.26. The second-order valence-electron chi connectivity index (χ2n) is 7.48. The van der Waals surface area contributed by atoms with Crippen molar-refractivity contribution in [2.24, 2.45) is 5.92 Å². The van der Waals surface area contributed by atoms with Crippen LogP contribution >= 0.6 is 0 Å². The number of piperidine rings is 1. The van der Waals surface area contributed by atoms with E-state index in [2.05, 4.69) is 15.5 Å². The zero-order valence-electron chi connectivity index (χ0n) is 17.7. The second-order valence-corrected chi connectivity index (χ2v) is 7.48. The summed E-state index contributed by atoms with van der Waals surface area (Å²) in [4.78, 5) is 19.2. The summed E-state index contributed by atoms with van der Waals surface area (Å²) in [7, 11) is 3.26. The molecule has 1 atom stereocenters. The molecule has 1 aliphatic rings. The first-order valence-electron chi connectivity index (χ1n) is 10.3. The van der Waals surface area contributed by atoms with E-state index in [-0.39, 0.29) is 11.8 Å². The molecule has 1 amide bonds. The molecule has 31 heavy (non-hydrogen) atoms. The van der Waals surface area contributed by atoms with Gasteiger partial charge in [0.2, 0.25) is 11.7 Å². The average molecular weight is 422 g/mol. The molecule has 4 rings (SSSR count). The molecule has 8 nitrogen and oxygen atoms in total. The van der Waals surface area contributed by atoms with Crippen LogP contribution < -0.4 is 19.7 Å². The maximum atomic E-state index is 12.7. The van der Waals surface area contributed by atoms with Crippen molar-refractivity contribution in [3.8, 4) is 22.9 Å². The lowest BCUT2D eigenvalue weighted by Crippen LogP contribution is -2.43. The van der Waals surface area contributed by atoms with Gasteiger partial charge in [-0.25, -0.2) is 0 Å². The van der Waals surface area contributed by atoms with Gasteiger partial charge in [0, 0.05) is 25.2 Å². The van der Waals surface area contributed by atoms with Gasteiger partial charge in [-0.15, -0.1) is 0 Å². The monoisotopic (exact) mass is 422 g/mol. The molecule has 2 aromatic carbocycles. The number of hydrogen-bond acceptors (Lipinski definition) is 7. The van der Waals surface area contributed by atoms with Crippen molar-refractivity contribution < 1.29 is 18.8 Å². The lowest BCUT2D eigenvalue weighted by atomic mass is 9.97. The first kappa shape index (κ1) is 20.7. The Bertz CT molecular complexity index is 1000. The van der Waals surface area contributed by atoms with Crippen LogP contribution in [0.25, 0.3) is 11.4 Å². The molecule has 0 unspecified atom stereocenters. The minimum Gasteiger partial charge on any atom is -0.497 e. The number of carbonyl (C=O) groups is 1. The molecule has 0 bridgehead atoms. The molecule has 3 aromatic rings. The highest BCUT2D eigenvalue weighted by atomic mass is 16.5. The van der Waals surface area contributed by atoms with Gasteiger partial charge in [-0.2, -0.15) is 4.98 Å². The number of hydrogen-bond donors (Lipinski definition) is 1. The number of benzene rings is 2. The fraction of sp³-hybridized carbons (Fsp3) is 0.348. The number of nitrogens with zero attached hydrogens (tertiary/aromatic N) is 3. The molecular weight excluding hydrogens is 396 g/mol. The topological polar surface area (TPSA) is 89.7 Å². The molecule has 2 heterocycles. The molecule has 1 N–H and O–H groups in total. The van der Waals surface area contributed by atoms with Crippen molar-refractivity contribution in [3.63, 3.8) is 0 Å². The first-order valence-corrected chi connectivity index (χ1v) is 10.3. The molecule has 0 aliphatic carbocycles. The number of methoxy groups -OCH3 is 2. The highest BCUT2D eigenvalue weighted by molar-refractivity contribution is 5.79. The smallest absolute Gasteiger partial charge is 0.324 e. The van der Waals surface area contributed by atoms with E-state index >= 15 is 0 Å². The molecule has 0 spiro atoms. The molecule has 1 aliphatic heterocycles. The predicted octanol–water partition coefficient (Wildman–Crippen LogP) is 3.29. The summed E-state index contributed by atoms with van der Waals surface area (Å²) in [6.45, 7) is 1.83. The molecule has 0 radical (unpaired) electrons. The van der Waals surface area contributed by atoms with Crippen LogP contribution in [0.3, 0.4) is 0 Å². The molecule has 0 saturated carbocycles. The Hall–Kier alpha value is -3.55. The standard InChI is InChI=1S/C23H26N4O4/c1-29-19-9-5-16(6-10-19)14-24-22(28)18-4-3-13-27(15-18)23-25-21(26-31-23)17-7-11-20(30-2)12-8-17/h5-12,18H,3-4,13-15H2,1-2H3,(H,24,28)/t18-/m0/s1. The van der Waals surface area contributed by atoms with E-state index in [1.54, 1.807) is 14.2 Å². The SMILES string of the molecule is COc1ccc(CNC(=O)[C@H]2CCCN(c3nc(-c4ccc(OC)cc4)no3)C2)cc1. The van der Waals surface area contributed by atoms with Gasteiger partial charge >= 0.3 is 6.01 Å². The molecule has 162 valence electrons. The Labute approximate surface area is 181 Å². The zero-order valence-corrected chi connectivity index (χ0v) is 17.7. The van der Waals surface area contributed by atoms with Crippen molar-refractivity contribution in [1.29, 1.82) is 0 Å². The van der Waals surface area contributed by atoms with Gasteiger partial charge in [-0.3, -0.25) is 4.79 Å². The number of nitrogens with one attached hydrogen (secondary N) is 1. The lowest BCUT2D eigenvalue weighted by Gasteiger charge is -2.30. The van der Waals surface area contributed by atoms with Gasteiger partial charge in [-0.1, -0.05) is 17.3 Å². The van der Waals surface area contributed by atoms with Gasteiger partial charge in [0.25, 0.3) is 0 Å². The van der Waals surface area contributed by atoms with E-state index in [0.29, 0.717) is 24.9 Å². The van der Waals surface area contributed by atoms with E-state index < -0.39 is 0 Å². The van der Waals surface area contributed by atoms with Gasteiger partial charge in [0.05, 0.1) is 20.1 Å². The summed E-state index contributed by atoms with van der Waals surface area (Å²) in [6.07, 6.45) is 1.73. The first-order chi connectivity index (χ1) is 15.2. The van der Waals surface area contributed by atoms with Gasteiger partial charge in [0.1, 0.15) is 11.5 Å². The number of rotatable bonds is 7. The third-order valence-corrected chi connectivity index (χ3v) is 5.45. The number of aromatic nitrogens is 2. The summed E-state index contributed by atoms with van der Waals surface area (Å²) < 4.78 is 15.8. The van der Waals surface area contributed by atoms with Crippen LogP contribution in [-0.2, 0) is 11.3 Å². The molecule has 1 aromatic heterocycles. The predicted molar refractivity (Wildman–Crippen MR) is 116 cm³/mol. The Morgan fingerprint density at radius 3 is 2.45 bits per heavy atom. The third kappa shape index (κ3) is 4.96. The Morgan fingerprint density at radius 1 is 1.10 bits per heavy atom. The van der Waals surface area contributed by atoms with Crippen LogP contribution in [0.2, 0.25) is 0 Å². The molecule has 1 saturated heterocycles. The minimum absolute atomic E-state index is 0.0374. The van der Waals surface area contributed by atoms with Crippen molar-refractivity contribution >= 4 is 11.9 Å². The Balaban J connectivity index is 1.35. The number of amides is 1. The summed E-state index contributed by atoms with van der Waals surface area (Å²) in [6, 6.07) is 15.6. The van der Waals surface area contributed by atoms with Crippen molar-refractivity contribution in [2.45, 2.75) is 19.4 Å². The summed E-state index contributed by atoms with van der Waals surface area (Å²) in [5.41, 5.74) is 1.88. The van der Waals surface area contributed by atoms with Crippen molar-refractivity contribution in [2.75, 3.05) is 32.2 Å². The lowest BCUT2D eigenvalue weighted by molar-refractivity contribution is -0.125. The largest absolute Gasteiger partial charge is 0.497 e. The van der Waals surface area contributed by atoms with Crippen LogP contribution in [0.4, 0.5) is 6.01 Å². The number of anilines is 1. The van der Waals surface area contributed by atoms with Gasteiger partial charge in [-0.05, 0) is 54.8 Å². The molecular formula is C23H26N4O4. The Morgan fingerprint density at radius 2 is 1.77 bits per heavy atom. The summed E-state index contributed by atoms with van der Waals surface area (Å²) in [5, 5.41) is 7.13. The highest BCUT2D eigenvalue weighted by Gasteiger charge is 2.28. The van der Waals surface area contributed by atoms with Crippen LogP contribution in [0.5, 0.6) is 11.5 Å². The van der Waals surface area contributed by atoms with Gasteiger partial charge in [0.15, 0.2) is 0 Å². The number of ether oxygens (including phenoxy) is 2. The van der Waals surface area contributed by atoms with Crippen LogP contribution in [0.1, 0.15) is 18.4 Å². The zero-order chi connectivity index (χ0) is 21.6. The van der Waals surface area contributed by atoms with Crippen LogP contribution in [-0.4, -0.2) is 43.4 Å².